The van der Waals surface area contributed by atoms with Gasteiger partial charge in [-0.3, -0.25) is 4.79 Å². The number of piperidine rings is 1. The highest BCUT2D eigenvalue weighted by Gasteiger charge is 2.40. The fourth-order valence-corrected chi connectivity index (χ4v) is 3.60. The lowest BCUT2D eigenvalue weighted by Gasteiger charge is -2.39. The topological polar surface area (TPSA) is 82.4 Å². The number of carbonyl (C=O) groups is 1. The monoisotopic (exact) mass is 343 g/mol. The summed E-state index contributed by atoms with van der Waals surface area (Å²) in [6.07, 6.45) is 4.76. The number of ether oxygens (including phenoxy) is 2. The number of nitrogens with zero attached hydrogens (tertiary/aromatic N) is 5. The minimum absolute atomic E-state index is 0.0375. The van der Waals surface area contributed by atoms with Gasteiger partial charge in [0.1, 0.15) is 12.1 Å². The summed E-state index contributed by atoms with van der Waals surface area (Å²) in [6, 6.07) is 7.32. The molecule has 1 aromatic carbocycles. The molecular formula is C17H21N5O3. The number of hydrogen-bond donors (Lipinski definition) is 0. The van der Waals surface area contributed by atoms with Crippen LogP contribution in [0.3, 0.4) is 0 Å². The Morgan fingerprint density at radius 1 is 1.28 bits per heavy atom. The Hall–Kier alpha value is -2.48. The molecule has 8 heteroatoms. The molecule has 1 spiro atoms. The first-order chi connectivity index (χ1) is 12.2. The summed E-state index contributed by atoms with van der Waals surface area (Å²) in [7, 11) is 0. The van der Waals surface area contributed by atoms with Gasteiger partial charge in [-0.15, -0.1) is 5.10 Å². The normalized spacial score (nSPS) is 23.1. The maximum Gasteiger partial charge on any atom is 0.260 e. The average molecular weight is 343 g/mol. The standard InChI is InChI=1S/C17H21N5O3/c23-16(21-8-1-6-17(11-21)7-9-24-12-17)10-25-15-4-2-14(3-5-15)22-13-18-19-20-22/h2-5,13H,1,6-12H2/t17-/m1/s1. The van der Waals surface area contributed by atoms with E-state index in [-0.39, 0.29) is 17.9 Å². The maximum absolute atomic E-state index is 12.5. The summed E-state index contributed by atoms with van der Waals surface area (Å²) in [6.45, 7) is 3.24. The predicted octanol–water partition coefficient (Wildman–Crippen LogP) is 1.07. The summed E-state index contributed by atoms with van der Waals surface area (Å²) < 4.78 is 12.8. The van der Waals surface area contributed by atoms with E-state index in [1.165, 1.54) is 6.33 Å². The molecule has 0 bridgehead atoms. The van der Waals surface area contributed by atoms with Gasteiger partial charge >= 0.3 is 0 Å². The van der Waals surface area contributed by atoms with E-state index in [1.807, 2.05) is 29.2 Å². The van der Waals surface area contributed by atoms with Gasteiger partial charge in [-0.1, -0.05) is 0 Å². The van der Waals surface area contributed by atoms with Crippen molar-refractivity contribution in [2.45, 2.75) is 19.3 Å². The van der Waals surface area contributed by atoms with Crippen LogP contribution in [0.25, 0.3) is 5.69 Å². The van der Waals surface area contributed by atoms with Crippen LogP contribution in [0.5, 0.6) is 5.75 Å². The first-order valence-corrected chi connectivity index (χ1v) is 8.56. The zero-order valence-electron chi connectivity index (χ0n) is 14.0. The Balaban J connectivity index is 1.32. The van der Waals surface area contributed by atoms with Gasteiger partial charge in [0, 0.05) is 25.1 Å². The van der Waals surface area contributed by atoms with Gasteiger partial charge in [0.25, 0.3) is 5.91 Å². The number of tetrazole rings is 1. The van der Waals surface area contributed by atoms with Crippen molar-refractivity contribution in [2.75, 3.05) is 32.9 Å². The third kappa shape index (κ3) is 3.48. The largest absolute Gasteiger partial charge is 0.484 e. The Labute approximate surface area is 145 Å². The molecule has 1 aromatic heterocycles. The molecule has 1 atom stereocenters. The number of rotatable bonds is 4. The summed E-state index contributed by atoms with van der Waals surface area (Å²) >= 11 is 0. The molecule has 0 aliphatic carbocycles. The minimum atomic E-state index is 0.0375. The van der Waals surface area contributed by atoms with E-state index in [1.54, 1.807) is 4.68 Å². The Morgan fingerprint density at radius 2 is 2.16 bits per heavy atom. The Bertz CT molecular complexity index is 710. The van der Waals surface area contributed by atoms with Crippen molar-refractivity contribution in [3.63, 3.8) is 0 Å². The third-order valence-corrected chi connectivity index (χ3v) is 5.01. The molecule has 2 aromatic rings. The van der Waals surface area contributed by atoms with Crippen molar-refractivity contribution in [1.82, 2.24) is 25.1 Å². The molecule has 25 heavy (non-hydrogen) atoms. The highest BCUT2D eigenvalue weighted by Crippen LogP contribution is 2.37. The van der Waals surface area contributed by atoms with Crippen LogP contribution in [-0.4, -0.2) is 63.9 Å². The Kier molecular flexibility index (Phi) is 4.35. The van der Waals surface area contributed by atoms with E-state index in [4.69, 9.17) is 9.47 Å². The minimum Gasteiger partial charge on any atom is -0.484 e. The third-order valence-electron chi connectivity index (χ3n) is 5.01. The number of amides is 1. The molecular weight excluding hydrogens is 322 g/mol. The molecule has 8 nitrogen and oxygen atoms in total. The van der Waals surface area contributed by atoms with Crippen LogP contribution in [0.2, 0.25) is 0 Å². The first kappa shape index (κ1) is 16.0. The lowest BCUT2D eigenvalue weighted by Crippen LogP contribution is -2.48. The molecule has 3 heterocycles. The van der Waals surface area contributed by atoms with E-state index in [9.17, 15) is 4.79 Å². The van der Waals surface area contributed by atoms with Gasteiger partial charge in [-0.05, 0) is 54.0 Å². The summed E-state index contributed by atoms with van der Waals surface area (Å²) in [5.41, 5.74) is 1.00. The zero-order chi connectivity index (χ0) is 17.1. The van der Waals surface area contributed by atoms with E-state index < -0.39 is 0 Å². The van der Waals surface area contributed by atoms with Gasteiger partial charge in [0.05, 0.1) is 12.3 Å². The van der Waals surface area contributed by atoms with Crippen molar-refractivity contribution in [1.29, 1.82) is 0 Å². The number of carbonyl (C=O) groups excluding carboxylic acids is 1. The van der Waals surface area contributed by atoms with Crippen LogP contribution < -0.4 is 4.74 Å². The first-order valence-electron chi connectivity index (χ1n) is 8.56. The van der Waals surface area contributed by atoms with E-state index >= 15 is 0 Å². The van der Waals surface area contributed by atoms with Crippen molar-refractivity contribution in [3.8, 4) is 11.4 Å². The van der Waals surface area contributed by atoms with Gasteiger partial charge < -0.3 is 14.4 Å². The van der Waals surface area contributed by atoms with Crippen molar-refractivity contribution >= 4 is 5.91 Å². The van der Waals surface area contributed by atoms with Crippen LogP contribution in [-0.2, 0) is 9.53 Å². The van der Waals surface area contributed by atoms with E-state index in [0.29, 0.717) is 5.75 Å². The van der Waals surface area contributed by atoms with Gasteiger partial charge in [0.2, 0.25) is 0 Å². The second-order valence-corrected chi connectivity index (χ2v) is 6.76. The van der Waals surface area contributed by atoms with Crippen LogP contribution in [0.4, 0.5) is 0 Å². The molecule has 4 rings (SSSR count). The zero-order valence-corrected chi connectivity index (χ0v) is 14.0. The predicted molar refractivity (Wildman–Crippen MR) is 88.3 cm³/mol. The summed E-state index contributed by atoms with van der Waals surface area (Å²) in [4.78, 5) is 14.4. The number of aromatic nitrogens is 4. The van der Waals surface area contributed by atoms with E-state index in [2.05, 4.69) is 15.5 Å². The molecule has 0 radical (unpaired) electrons. The molecule has 2 saturated heterocycles. The average Bonchev–Trinajstić information content (AvgIpc) is 3.33. The van der Waals surface area contributed by atoms with E-state index in [0.717, 1.165) is 51.3 Å². The maximum atomic E-state index is 12.5. The fourth-order valence-electron chi connectivity index (χ4n) is 3.60. The van der Waals surface area contributed by atoms with Gasteiger partial charge in [-0.25, -0.2) is 4.68 Å². The van der Waals surface area contributed by atoms with Gasteiger partial charge in [-0.2, -0.15) is 0 Å². The molecule has 0 unspecified atom stereocenters. The number of hydrogen-bond acceptors (Lipinski definition) is 6. The lowest BCUT2D eigenvalue weighted by atomic mass is 9.79. The highest BCUT2D eigenvalue weighted by atomic mass is 16.5. The van der Waals surface area contributed by atoms with Crippen LogP contribution in [0, 0.1) is 5.41 Å². The SMILES string of the molecule is O=C(COc1ccc(-n2cnnn2)cc1)N1CCC[C@@]2(CCOC2)C1. The molecule has 2 fully saturated rings. The van der Waals surface area contributed by atoms with Crippen molar-refractivity contribution < 1.29 is 14.3 Å². The molecule has 2 aliphatic rings. The fraction of sp³-hybridized carbons (Fsp3) is 0.529. The molecule has 132 valence electrons. The quantitative estimate of drug-likeness (QED) is 0.826. The molecule has 0 N–H and O–H groups in total. The number of likely N-dealkylation sites (tertiary alicyclic amines) is 1. The lowest BCUT2D eigenvalue weighted by molar-refractivity contribution is -0.137. The van der Waals surface area contributed by atoms with Crippen LogP contribution in [0.1, 0.15) is 19.3 Å². The van der Waals surface area contributed by atoms with Gasteiger partial charge in [0.15, 0.2) is 6.61 Å². The van der Waals surface area contributed by atoms with Crippen LogP contribution in [0.15, 0.2) is 30.6 Å². The smallest absolute Gasteiger partial charge is 0.260 e. The Morgan fingerprint density at radius 3 is 2.88 bits per heavy atom. The van der Waals surface area contributed by atoms with Crippen LogP contribution >= 0.6 is 0 Å². The second kappa shape index (κ2) is 6.79. The second-order valence-electron chi connectivity index (χ2n) is 6.76. The summed E-state index contributed by atoms with van der Waals surface area (Å²) in [5.74, 6) is 0.691. The van der Waals surface area contributed by atoms with Crippen molar-refractivity contribution in [3.05, 3.63) is 30.6 Å². The molecule has 2 aliphatic heterocycles. The highest BCUT2D eigenvalue weighted by molar-refractivity contribution is 5.78. The molecule has 1 amide bonds. The summed E-state index contributed by atoms with van der Waals surface area (Å²) in [5, 5.41) is 11.0. The molecule has 0 saturated carbocycles. The number of benzene rings is 1. The van der Waals surface area contributed by atoms with Crippen molar-refractivity contribution in [2.24, 2.45) is 5.41 Å².